The van der Waals surface area contributed by atoms with E-state index in [2.05, 4.69) is 20.7 Å². The number of hydrogen-bond acceptors (Lipinski definition) is 6. The Morgan fingerprint density at radius 2 is 2.37 bits per heavy atom. The fraction of sp³-hybridized carbons (Fsp3) is 0.385. The van der Waals surface area contributed by atoms with Crippen LogP contribution in [0.3, 0.4) is 0 Å². The number of nitrogens with zero attached hydrogens (tertiary/aromatic N) is 2. The Hall–Kier alpha value is -1.66. The van der Waals surface area contributed by atoms with Gasteiger partial charge in [-0.1, -0.05) is 18.2 Å². The van der Waals surface area contributed by atoms with Gasteiger partial charge in [0.05, 0.1) is 12.6 Å². The Bertz CT molecular complexity index is 558. The Kier molecular flexibility index (Phi) is 3.61. The number of rotatable bonds is 4. The zero-order chi connectivity index (χ0) is 13.1. The van der Waals surface area contributed by atoms with Gasteiger partial charge in [-0.05, 0) is 6.07 Å². The normalized spacial score (nSPS) is 17.6. The van der Waals surface area contributed by atoms with Crippen molar-refractivity contribution in [2.24, 2.45) is 0 Å². The third-order valence-electron chi connectivity index (χ3n) is 3.00. The van der Waals surface area contributed by atoms with Crippen molar-refractivity contribution in [1.29, 1.82) is 0 Å². The summed E-state index contributed by atoms with van der Waals surface area (Å²) < 4.78 is 14.9. The largest absolute Gasteiger partial charge is 0.493 e. The van der Waals surface area contributed by atoms with Crippen molar-refractivity contribution >= 4 is 16.7 Å². The van der Waals surface area contributed by atoms with Gasteiger partial charge < -0.3 is 14.8 Å². The molecule has 1 aromatic heterocycles. The summed E-state index contributed by atoms with van der Waals surface area (Å²) in [5.74, 6) is 1.67. The average molecular weight is 277 g/mol. The summed E-state index contributed by atoms with van der Waals surface area (Å²) in [7, 11) is 1.64. The van der Waals surface area contributed by atoms with Gasteiger partial charge in [0, 0.05) is 30.6 Å². The lowest BCUT2D eigenvalue weighted by Gasteiger charge is -2.26. The predicted octanol–water partition coefficient (Wildman–Crippen LogP) is 2.62. The van der Waals surface area contributed by atoms with Crippen molar-refractivity contribution < 1.29 is 9.47 Å². The van der Waals surface area contributed by atoms with Crippen molar-refractivity contribution in [2.75, 3.05) is 19.0 Å². The summed E-state index contributed by atoms with van der Waals surface area (Å²) in [6.45, 7) is 1.17. The van der Waals surface area contributed by atoms with E-state index in [0.29, 0.717) is 6.61 Å². The van der Waals surface area contributed by atoms with Crippen LogP contribution in [0.1, 0.15) is 23.9 Å². The summed E-state index contributed by atoms with van der Waals surface area (Å²) in [5.41, 5.74) is 1.18. The molecule has 100 valence electrons. The monoisotopic (exact) mass is 277 g/mol. The fourth-order valence-corrected chi connectivity index (χ4v) is 2.77. The summed E-state index contributed by atoms with van der Waals surface area (Å²) in [6, 6.07) is 8.33. The number of para-hydroxylation sites is 1. The van der Waals surface area contributed by atoms with E-state index in [0.717, 1.165) is 29.7 Å². The smallest absolute Gasteiger partial charge is 0.203 e. The summed E-state index contributed by atoms with van der Waals surface area (Å²) in [6.07, 6.45) is 0.927. The summed E-state index contributed by atoms with van der Waals surface area (Å²) >= 11 is 1.36. The maximum Gasteiger partial charge on any atom is 0.203 e. The lowest BCUT2D eigenvalue weighted by molar-refractivity contribution is 0.179. The first-order valence-electron chi connectivity index (χ1n) is 6.16. The van der Waals surface area contributed by atoms with Gasteiger partial charge in [0.2, 0.25) is 5.13 Å². The Morgan fingerprint density at radius 3 is 3.26 bits per heavy atom. The molecule has 0 fully saturated rings. The SMILES string of the molecule is COCc1nsc(NC2CCOc3ccccc32)n1. The second-order valence-electron chi connectivity index (χ2n) is 4.32. The molecule has 0 amide bonds. The van der Waals surface area contributed by atoms with Gasteiger partial charge in [-0.15, -0.1) is 0 Å². The zero-order valence-electron chi connectivity index (χ0n) is 10.6. The molecule has 1 aliphatic heterocycles. The lowest BCUT2D eigenvalue weighted by atomic mass is 10.0. The van der Waals surface area contributed by atoms with Gasteiger partial charge in [-0.2, -0.15) is 4.37 Å². The van der Waals surface area contributed by atoms with Gasteiger partial charge in [0.25, 0.3) is 0 Å². The van der Waals surface area contributed by atoms with Gasteiger partial charge in [-0.3, -0.25) is 0 Å². The highest BCUT2D eigenvalue weighted by Gasteiger charge is 2.21. The molecule has 3 rings (SSSR count). The van der Waals surface area contributed by atoms with Crippen molar-refractivity contribution in [1.82, 2.24) is 9.36 Å². The van der Waals surface area contributed by atoms with Crippen LogP contribution in [0.4, 0.5) is 5.13 Å². The fourth-order valence-electron chi connectivity index (χ4n) is 2.14. The van der Waals surface area contributed by atoms with Crippen LogP contribution in [-0.4, -0.2) is 23.1 Å². The molecule has 0 radical (unpaired) electrons. The summed E-state index contributed by atoms with van der Waals surface area (Å²) in [5, 5.41) is 4.25. The number of ether oxygens (including phenoxy) is 2. The van der Waals surface area contributed by atoms with E-state index in [9.17, 15) is 0 Å². The zero-order valence-corrected chi connectivity index (χ0v) is 11.4. The quantitative estimate of drug-likeness (QED) is 0.931. The van der Waals surface area contributed by atoms with Crippen molar-refractivity contribution in [2.45, 2.75) is 19.1 Å². The molecule has 1 aliphatic rings. The maximum absolute atomic E-state index is 5.64. The van der Waals surface area contributed by atoms with Gasteiger partial charge >= 0.3 is 0 Å². The molecule has 1 aromatic carbocycles. The van der Waals surface area contributed by atoms with E-state index >= 15 is 0 Å². The number of benzene rings is 1. The standard InChI is InChI=1S/C13H15N3O2S/c1-17-8-12-15-13(19-16-12)14-10-6-7-18-11-5-3-2-4-9(10)11/h2-5,10H,6-8H2,1H3,(H,14,15,16). The van der Waals surface area contributed by atoms with Crippen molar-refractivity contribution in [3.63, 3.8) is 0 Å². The maximum atomic E-state index is 5.64. The molecule has 0 spiro atoms. The second kappa shape index (κ2) is 5.54. The predicted molar refractivity (Wildman–Crippen MR) is 73.5 cm³/mol. The molecule has 6 heteroatoms. The molecule has 1 unspecified atom stereocenters. The Balaban J connectivity index is 1.76. The lowest BCUT2D eigenvalue weighted by Crippen LogP contribution is -2.20. The van der Waals surface area contributed by atoms with E-state index in [4.69, 9.17) is 9.47 Å². The minimum Gasteiger partial charge on any atom is -0.493 e. The first-order chi connectivity index (χ1) is 9.36. The molecule has 1 N–H and O–H groups in total. The number of anilines is 1. The van der Waals surface area contributed by atoms with E-state index in [-0.39, 0.29) is 6.04 Å². The number of hydrogen-bond donors (Lipinski definition) is 1. The van der Waals surface area contributed by atoms with Crippen molar-refractivity contribution in [3.05, 3.63) is 35.7 Å². The number of aromatic nitrogens is 2. The van der Waals surface area contributed by atoms with E-state index in [1.54, 1.807) is 7.11 Å². The molecule has 2 aromatic rings. The average Bonchev–Trinajstić information content (AvgIpc) is 2.87. The van der Waals surface area contributed by atoms with Crippen LogP contribution in [0, 0.1) is 0 Å². The Labute approximate surface area is 115 Å². The second-order valence-corrected chi connectivity index (χ2v) is 5.07. The van der Waals surface area contributed by atoms with Crippen LogP contribution in [0.25, 0.3) is 0 Å². The van der Waals surface area contributed by atoms with E-state index in [1.807, 2.05) is 18.2 Å². The number of methoxy groups -OCH3 is 1. The summed E-state index contributed by atoms with van der Waals surface area (Å²) in [4.78, 5) is 4.40. The topological polar surface area (TPSA) is 56.3 Å². The number of nitrogens with one attached hydrogen (secondary N) is 1. The highest BCUT2D eigenvalue weighted by molar-refractivity contribution is 7.09. The molecule has 0 saturated carbocycles. The van der Waals surface area contributed by atoms with Crippen LogP contribution < -0.4 is 10.1 Å². The van der Waals surface area contributed by atoms with E-state index in [1.165, 1.54) is 17.1 Å². The third kappa shape index (κ3) is 2.69. The van der Waals surface area contributed by atoms with Gasteiger partial charge in [-0.25, -0.2) is 4.98 Å². The first-order valence-corrected chi connectivity index (χ1v) is 6.94. The molecular formula is C13H15N3O2S. The molecule has 0 bridgehead atoms. The molecule has 0 saturated heterocycles. The van der Waals surface area contributed by atoms with Crippen LogP contribution in [0.15, 0.2) is 24.3 Å². The first kappa shape index (κ1) is 12.4. The molecule has 0 aliphatic carbocycles. The highest BCUT2D eigenvalue weighted by Crippen LogP contribution is 2.34. The molecule has 2 heterocycles. The molecule has 1 atom stereocenters. The molecule has 19 heavy (non-hydrogen) atoms. The van der Waals surface area contributed by atoms with Crippen LogP contribution in [0.5, 0.6) is 5.75 Å². The third-order valence-corrected chi connectivity index (χ3v) is 3.68. The van der Waals surface area contributed by atoms with Gasteiger partial charge in [0.1, 0.15) is 12.4 Å². The minimum atomic E-state index is 0.230. The van der Waals surface area contributed by atoms with Crippen LogP contribution in [-0.2, 0) is 11.3 Å². The van der Waals surface area contributed by atoms with Crippen LogP contribution in [0.2, 0.25) is 0 Å². The highest BCUT2D eigenvalue weighted by atomic mass is 32.1. The Morgan fingerprint density at radius 1 is 1.47 bits per heavy atom. The van der Waals surface area contributed by atoms with Gasteiger partial charge in [0.15, 0.2) is 5.82 Å². The minimum absolute atomic E-state index is 0.230. The van der Waals surface area contributed by atoms with Crippen molar-refractivity contribution in [3.8, 4) is 5.75 Å². The van der Waals surface area contributed by atoms with E-state index < -0.39 is 0 Å². The number of fused-ring (bicyclic) bond motifs is 1. The van der Waals surface area contributed by atoms with Crippen LogP contribution >= 0.6 is 11.5 Å². The molecule has 5 nitrogen and oxygen atoms in total. The molecular weight excluding hydrogens is 262 g/mol.